The molecular formula is C11H26N2. The van der Waals surface area contributed by atoms with Crippen LogP contribution in [0.15, 0.2) is 0 Å². The van der Waals surface area contributed by atoms with Crippen LogP contribution in [0.3, 0.4) is 0 Å². The predicted molar refractivity (Wildman–Crippen MR) is 59.6 cm³/mol. The number of rotatable bonds is 8. The van der Waals surface area contributed by atoms with Gasteiger partial charge in [0.25, 0.3) is 0 Å². The van der Waals surface area contributed by atoms with Crippen molar-refractivity contribution in [1.29, 1.82) is 0 Å². The Morgan fingerprint density at radius 2 is 1.92 bits per heavy atom. The lowest BCUT2D eigenvalue weighted by molar-refractivity contribution is 0.399. The monoisotopic (exact) mass is 186 g/mol. The second kappa shape index (κ2) is 8.52. The van der Waals surface area contributed by atoms with Crippen LogP contribution in [0.2, 0.25) is 0 Å². The molecule has 0 saturated heterocycles. The van der Waals surface area contributed by atoms with Crippen LogP contribution in [0.25, 0.3) is 0 Å². The van der Waals surface area contributed by atoms with Crippen LogP contribution in [0.4, 0.5) is 0 Å². The normalized spacial score (nSPS) is 15.7. The molecule has 0 aliphatic heterocycles. The van der Waals surface area contributed by atoms with Gasteiger partial charge in [-0.25, -0.2) is 0 Å². The quantitative estimate of drug-likeness (QED) is 0.572. The molecule has 13 heavy (non-hydrogen) atoms. The predicted octanol–water partition coefficient (Wildman–Crippen LogP) is 2.49. The summed E-state index contributed by atoms with van der Waals surface area (Å²) in [6.45, 7) is 7.60. The molecule has 0 saturated carbocycles. The maximum Gasteiger partial charge on any atom is 0.0517 e. The Bertz CT molecular complexity index is 102. The second-order valence-corrected chi connectivity index (χ2v) is 3.95. The molecule has 0 aromatic carbocycles. The minimum Gasteiger partial charge on any atom is -0.316 e. The number of nitrogens with two attached hydrogens (primary N) is 1. The molecule has 0 heterocycles. The van der Waals surface area contributed by atoms with Gasteiger partial charge in [-0.15, -0.1) is 0 Å². The van der Waals surface area contributed by atoms with Gasteiger partial charge >= 0.3 is 0 Å². The van der Waals surface area contributed by atoms with E-state index < -0.39 is 0 Å². The van der Waals surface area contributed by atoms with Gasteiger partial charge in [0.05, 0.1) is 6.17 Å². The molecule has 1 unspecified atom stereocenters. The summed E-state index contributed by atoms with van der Waals surface area (Å²) in [6, 6.07) is 0. The van der Waals surface area contributed by atoms with Crippen LogP contribution < -0.4 is 11.1 Å². The van der Waals surface area contributed by atoms with Gasteiger partial charge in [0, 0.05) is 0 Å². The Hall–Kier alpha value is -0.0800. The average Bonchev–Trinajstić information content (AvgIpc) is 2.10. The molecule has 2 atom stereocenters. The van der Waals surface area contributed by atoms with E-state index in [2.05, 4.69) is 19.2 Å². The molecule has 0 spiro atoms. The van der Waals surface area contributed by atoms with Gasteiger partial charge in [-0.3, -0.25) is 0 Å². The van der Waals surface area contributed by atoms with Gasteiger partial charge in [-0.05, 0) is 25.8 Å². The van der Waals surface area contributed by atoms with Crippen molar-refractivity contribution in [3.63, 3.8) is 0 Å². The highest BCUT2D eigenvalue weighted by atomic mass is 15.0. The van der Waals surface area contributed by atoms with E-state index in [4.69, 9.17) is 5.73 Å². The SMILES string of the molecule is CCCCC(CC)CCN[C@@H](C)N. The van der Waals surface area contributed by atoms with Crippen molar-refractivity contribution in [2.45, 2.75) is 59.0 Å². The first-order valence-corrected chi connectivity index (χ1v) is 5.69. The summed E-state index contributed by atoms with van der Waals surface area (Å²) >= 11 is 0. The van der Waals surface area contributed by atoms with Crippen LogP contribution >= 0.6 is 0 Å². The van der Waals surface area contributed by atoms with Crippen LogP contribution in [0, 0.1) is 5.92 Å². The molecule has 0 aliphatic rings. The number of hydrogen-bond acceptors (Lipinski definition) is 2. The number of unbranched alkanes of at least 4 members (excludes halogenated alkanes) is 1. The third-order valence-corrected chi connectivity index (χ3v) is 2.56. The minimum absolute atomic E-state index is 0.142. The first-order chi connectivity index (χ1) is 6.20. The van der Waals surface area contributed by atoms with Gasteiger partial charge in [0.1, 0.15) is 0 Å². The summed E-state index contributed by atoms with van der Waals surface area (Å²) in [5.74, 6) is 0.895. The van der Waals surface area contributed by atoms with Gasteiger partial charge in [-0.1, -0.05) is 39.5 Å². The first-order valence-electron chi connectivity index (χ1n) is 5.69. The number of nitrogens with one attached hydrogen (secondary N) is 1. The third kappa shape index (κ3) is 8.26. The fourth-order valence-corrected chi connectivity index (χ4v) is 1.56. The zero-order valence-electron chi connectivity index (χ0n) is 9.47. The summed E-state index contributed by atoms with van der Waals surface area (Å²) < 4.78 is 0. The molecule has 0 rings (SSSR count). The Kier molecular flexibility index (Phi) is 8.46. The highest BCUT2D eigenvalue weighted by Gasteiger charge is 2.05. The summed E-state index contributed by atoms with van der Waals surface area (Å²) in [5, 5.41) is 3.26. The highest BCUT2D eigenvalue weighted by molar-refractivity contribution is 4.60. The largest absolute Gasteiger partial charge is 0.316 e. The lowest BCUT2D eigenvalue weighted by Gasteiger charge is -2.15. The molecule has 0 fully saturated rings. The van der Waals surface area contributed by atoms with Crippen molar-refractivity contribution in [1.82, 2.24) is 5.32 Å². The molecular weight excluding hydrogens is 160 g/mol. The highest BCUT2D eigenvalue weighted by Crippen LogP contribution is 2.15. The van der Waals surface area contributed by atoms with Crippen molar-refractivity contribution in [2.24, 2.45) is 11.7 Å². The third-order valence-electron chi connectivity index (χ3n) is 2.56. The molecule has 3 N–H and O–H groups in total. The van der Waals surface area contributed by atoms with E-state index >= 15 is 0 Å². The van der Waals surface area contributed by atoms with Gasteiger partial charge in [0.2, 0.25) is 0 Å². The molecule has 2 heteroatoms. The van der Waals surface area contributed by atoms with Gasteiger partial charge in [-0.2, -0.15) is 0 Å². The lowest BCUT2D eigenvalue weighted by atomic mass is 9.96. The Labute approximate surface area is 83.3 Å². The zero-order chi connectivity index (χ0) is 10.1. The van der Waals surface area contributed by atoms with E-state index in [0.717, 1.165) is 12.5 Å². The van der Waals surface area contributed by atoms with Crippen LogP contribution in [0.1, 0.15) is 52.9 Å². The summed E-state index contributed by atoms with van der Waals surface area (Å²) in [7, 11) is 0. The molecule has 0 radical (unpaired) electrons. The van der Waals surface area contributed by atoms with E-state index in [1.807, 2.05) is 6.92 Å². The van der Waals surface area contributed by atoms with Gasteiger partial charge < -0.3 is 11.1 Å². The molecule has 80 valence electrons. The van der Waals surface area contributed by atoms with Crippen molar-refractivity contribution in [3.05, 3.63) is 0 Å². The molecule has 0 aromatic rings. The summed E-state index contributed by atoms with van der Waals surface area (Å²) in [4.78, 5) is 0. The average molecular weight is 186 g/mol. The van der Waals surface area contributed by atoms with Crippen LogP contribution in [-0.2, 0) is 0 Å². The molecule has 0 aliphatic carbocycles. The Morgan fingerprint density at radius 1 is 1.23 bits per heavy atom. The van der Waals surface area contributed by atoms with E-state index in [1.54, 1.807) is 0 Å². The topological polar surface area (TPSA) is 38.0 Å². The van der Waals surface area contributed by atoms with Crippen LogP contribution in [0.5, 0.6) is 0 Å². The molecule has 2 nitrogen and oxygen atoms in total. The maximum absolute atomic E-state index is 5.61. The van der Waals surface area contributed by atoms with E-state index in [0.29, 0.717) is 0 Å². The molecule has 0 bridgehead atoms. The van der Waals surface area contributed by atoms with Crippen molar-refractivity contribution in [2.75, 3.05) is 6.54 Å². The van der Waals surface area contributed by atoms with Crippen molar-refractivity contribution < 1.29 is 0 Å². The molecule has 0 amide bonds. The Balaban J connectivity index is 3.36. The minimum atomic E-state index is 0.142. The summed E-state index contributed by atoms with van der Waals surface area (Å²) in [5.41, 5.74) is 5.61. The fourth-order valence-electron chi connectivity index (χ4n) is 1.56. The van der Waals surface area contributed by atoms with Crippen molar-refractivity contribution >= 4 is 0 Å². The second-order valence-electron chi connectivity index (χ2n) is 3.95. The summed E-state index contributed by atoms with van der Waals surface area (Å²) in [6.07, 6.45) is 6.80. The molecule has 0 aromatic heterocycles. The van der Waals surface area contributed by atoms with E-state index in [-0.39, 0.29) is 6.17 Å². The van der Waals surface area contributed by atoms with E-state index in [1.165, 1.54) is 32.1 Å². The number of hydrogen-bond donors (Lipinski definition) is 2. The fraction of sp³-hybridized carbons (Fsp3) is 1.00. The zero-order valence-corrected chi connectivity index (χ0v) is 9.47. The van der Waals surface area contributed by atoms with E-state index in [9.17, 15) is 0 Å². The van der Waals surface area contributed by atoms with Crippen molar-refractivity contribution in [3.8, 4) is 0 Å². The first kappa shape index (κ1) is 12.9. The van der Waals surface area contributed by atoms with Gasteiger partial charge in [0.15, 0.2) is 0 Å². The lowest BCUT2D eigenvalue weighted by Crippen LogP contribution is -2.35. The maximum atomic E-state index is 5.61. The smallest absolute Gasteiger partial charge is 0.0517 e. The standard InChI is InChI=1S/C11H26N2/c1-4-6-7-11(5-2)8-9-13-10(3)12/h10-11,13H,4-9,12H2,1-3H3/t10-,11?/m0/s1. The Morgan fingerprint density at radius 3 is 2.38 bits per heavy atom. The van der Waals surface area contributed by atoms with Crippen LogP contribution in [-0.4, -0.2) is 12.7 Å².